The summed E-state index contributed by atoms with van der Waals surface area (Å²) >= 11 is 0. The number of benzene rings is 2. The van der Waals surface area contributed by atoms with Gasteiger partial charge in [0.1, 0.15) is 24.2 Å². The number of amides is 5. The van der Waals surface area contributed by atoms with Crippen LogP contribution in [0.1, 0.15) is 44.7 Å². The smallest absolute Gasteiger partial charge is 0.247 e. The summed E-state index contributed by atoms with van der Waals surface area (Å²) in [5.74, 6) is -2.04. The molecule has 10 nitrogen and oxygen atoms in total. The lowest BCUT2D eigenvalue weighted by Gasteiger charge is -2.29. The van der Waals surface area contributed by atoms with Gasteiger partial charge in [-0.15, -0.1) is 0 Å². The number of nitrogens with one attached hydrogen (secondary N) is 4. The molecule has 1 aliphatic heterocycles. The highest BCUT2D eigenvalue weighted by Gasteiger charge is 2.38. The van der Waals surface area contributed by atoms with Crippen LogP contribution in [0.5, 0.6) is 0 Å². The van der Waals surface area contributed by atoms with Crippen LogP contribution < -0.4 is 21.3 Å². The van der Waals surface area contributed by atoms with Crippen molar-refractivity contribution in [2.24, 2.45) is 0 Å². The maximum absolute atomic E-state index is 13.4. The zero-order chi connectivity index (χ0) is 28.5. The summed E-state index contributed by atoms with van der Waals surface area (Å²) in [6.07, 6.45) is 1.34. The minimum atomic E-state index is -0.896. The van der Waals surface area contributed by atoms with Crippen molar-refractivity contribution in [3.05, 3.63) is 65.7 Å². The Morgan fingerprint density at radius 1 is 0.872 bits per heavy atom. The maximum atomic E-state index is 13.4. The van der Waals surface area contributed by atoms with Gasteiger partial charge in [-0.3, -0.25) is 24.0 Å². The molecule has 1 saturated heterocycles. The van der Waals surface area contributed by atoms with Gasteiger partial charge in [-0.2, -0.15) is 0 Å². The molecule has 2 aromatic carbocycles. The van der Waals surface area contributed by atoms with E-state index in [0.29, 0.717) is 25.1 Å². The molecular weight excluding hydrogens is 498 g/mol. The number of rotatable bonds is 10. The van der Waals surface area contributed by atoms with E-state index in [9.17, 15) is 24.0 Å². The number of nitrogens with zero attached hydrogens (tertiary/aromatic N) is 1. The van der Waals surface area contributed by atoms with E-state index < -0.39 is 41.9 Å². The van der Waals surface area contributed by atoms with E-state index >= 15 is 0 Å². The molecule has 208 valence electrons. The van der Waals surface area contributed by atoms with Gasteiger partial charge in [-0.05, 0) is 51.3 Å². The third-order valence-electron chi connectivity index (χ3n) is 6.62. The van der Waals surface area contributed by atoms with Crippen LogP contribution in [-0.2, 0) is 30.4 Å². The summed E-state index contributed by atoms with van der Waals surface area (Å²) in [5, 5.41) is 10.8. The summed E-state index contributed by atoms with van der Waals surface area (Å²) in [5.41, 5.74) is 2.56. The summed E-state index contributed by atoms with van der Waals surface area (Å²) in [7, 11) is 0. The SMILES string of the molecule is CC(=O)N[C@H](C)C(=O)N[C@H](C)C(=O)N1CCC[C@@H]1C(=O)NC(Cc1ccccc1)C(=O)Nc1ccc(C)cc1. The molecule has 0 saturated carbocycles. The van der Waals surface area contributed by atoms with Crippen molar-refractivity contribution >= 4 is 35.2 Å². The summed E-state index contributed by atoms with van der Waals surface area (Å²) < 4.78 is 0. The second-order valence-corrected chi connectivity index (χ2v) is 9.95. The van der Waals surface area contributed by atoms with Gasteiger partial charge in [0, 0.05) is 25.6 Å². The number of carbonyl (C=O) groups excluding carboxylic acids is 5. The van der Waals surface area contributed by atoms with Gasteiger partial charge in [0.2, 0.25) is 29.5 Å². The predicted octanol–water partition coefficient (Wildman–Crippen LogP) is 1.68. The highest BCUT2D eigenvalue weighted by molar-refractivity contribution is 5.99. The van der Waals surface area contributed by atoms with Crippen molar-refractivity contribution in [3.63, 3.8) is 0 Å². The number of anilines is 1. The lowest BCUT2D eigenvalue weighted by molar-refractivity contribution is -0.141. The first-order valence-corrected chi connectivity index (χ1v) is 13.1. The van der Waals surface area contributed by atoms with E-state index in [2.05, 4.69) is 21.3 Å². The topological polar surface area (TPSA) is 137 Å². The van der Waals surface area contributed by atoms with Crippen LogP contribution in [0.25, 0.3) is 0 Å². The molecule has 0 aromatic heterocycles. The highest BCUT2D eigenvalue weighted by Crippen LogP contribution is 2.19. The van der Waals surface area contributed by atoms with Crippen molar-refractivity contribution in [3.8, 4) is 0 Å². The fourth-order valence-electron chi connectivity index (χ4n) is 4.52. The van der Waals surface area contributed by atoms with E-state index in [-0.39, 0.29) is 18.2 Å². The molecule has 5 amide bonds. The minimum Gasteiger partial charge on any atom is -0.345 e. The maximum Gasteiger partial charge on any atom is 0.247 e. The number of likely N-dealkylation sites (tertiary alicyclic amines) is 1. The summed E-state index contributed by atoms with van der Waals surface area (Å²) in [6, 6.07) is 13.4. The summed E-state index contributed by atoms with van der Waals surface area (Å²) in [6.45, 7) is 6.68. The zero-order valence-corrected chi connectivity index (χ0v) is 22.8. The number of carbonyl (C=O) groups is 5. The van der Waals surface area contributed by atoms with Gasteiger partial charge in [-0.1, -0.05) is 48.0 Å². The Hall–Kier alpha value is -4.21. The average molecular weight is 536 g/mol. The fraction of sp³-hybridized carbons (Fsp3) is 0.414. The second-order valence-electron chi connectivity index (χ2n) is 9.95. The highest BCUT2D eigenvalue weighted by atomic mass is 16.2. The second kappa shape index (κ2) is 13.5. The monoisotopic (exact) mass is 535 g/mol. The van der Waals surface area contributed by atoms with Crippen LogP contribution in [0.4, 0.5) is 5.69 Å². The van der Waals surface area contributed by atoms with Crippen molar-refractivity contribution < 1.29 is 24.0 Å². The lowest BCUT2D eigenvalue weighted by Crippen LogP contribution is -2.56. The van der Waals surface area contributed by atoms with Crippen LogP contribution in [0.15, 0.2) is 54.6 Å². The molecule has 1 unspecified atom stereocenters. The quantitative estimate of drug-likeness (QED) is 0.367. The van der Waals surface area contributed by atoms with Gasteiger partial charge < -0.3 is 26.2 Å². The first-order valence-electron chi connectivity index (χ1n) is 13.1. The van der Waals surface area contributed by atoms with Crippen LogP contribution in [0, 0.1) is 6.92 Å². The Morgan fingerprint density at radius 3 is 2.18 bits per heavy atom. The molecule has 0 spiro atoms. The lowest BCUT2D eigenvalue weighted by atomic mass is 10.0. The standard InChI is InChI=1S/C29H37N5O5/c1-18-12-14-23(15-13-18)32-27(37)24(17-22-9-6-5-7-10-22)33-28(38)25-11-8-16-34(25)29(39)20(3)31-26(36)19(2)30-21(4)35/h5-7,9-10,12-15,19-20,24-25H,8,11,16-17H2,1-4H3,(H,30,35)(H,31,36)(H,32,37)(H,33,38)/t19-,20-,24?,25-/m1/s1. The Labute approximate surface area is 228 Å². The molecule has 3 rings (SSSR count). The largest absolute Gasteiger partial charge is 0.345 e. The molecule has 4 atom stereocenters. The molecule has 0 radical (unpaired) electrons. The molecule has 1 aliphatic rings. The average Bonchev–Trinajstić information content (AvgIpc) is 3.39. The van der Waals surface area contributed by atoms with E-state index in [1.165, 1.54) is 18.7 Å². The molecule has 0 aliphatic carbocycles. The Balaban J connectivity index is 1.69. The zero-order valence-electron chi connectivity index (χ0n) is 22.8. The predicted molar refractivity (Wildman–Crippen MR) is 148 cm³/mol. The van der Waals surface area contributed by atoms with Crippen molar-refractivity contribution in [2.75, 3.05) is 11.9 Å². The first kappa shape index (κ1) is 29.3. The molecule has 1 fully saturated rings. The number of hydrogen-bond donors (Lipinski definition) is 4. The van der Waals surface area contributed by atoms with Gasteiger partial charge in [0.05, 0.1) is 0 Å². The minimum absolute atomic E-state index is 0.276. The molecule has 0 bridgehead atoms. The Kier molecular flexibility index (Phi) is 10.2. The van der Waals surface area contributed by atoms with Gasteiger partial charge >= 0.3 is 0 Å². The van der Waals surface area contributed by atoms with Gasteiger partial charge in [0.15, 0.2) is 0 Å². The van der Waals surface area contributed by atoms with E-state index in [0.717, 1.165) is 11.1 Å². The van der Waals surface area contributed by atoms with Crippen molar-refractivity contribution in [2.45, 2.75) is 71.1 Å². The third kappa shape index (κ3) is 8.39. The summed E-state index contributed by atoms with van der Waals surface area (Å²) in [4.78, 5) is 64.9. The first-order chi connectivity index (χ1) is 18.5. The van der Waals surface area contributed by atoms with Crippen LogP contribution in [-0.4, -0.2) is 65.1 Å². The van der Waals surface area contributed by atoms with Crippen molar-refractivity contribution in [1.29, 1.82) is 0 Å². The van der Waals surface area contributed by atoms with Crippen LogP contribution in [0.2, 0.25) is 0 Å². The number of aryl methyl sites for hydroxylation is 1. The van der Waals surface area contributed by atoms with Crippen LogP contribution in [0.3, 0.4) is 0 Å². The third-order valence-corrected chi connectivity index (χ3v) is 6.62. The normalized spacial score (nSPS) is 16.9. The van der Waals surface area contributed by atoms with Gasteiger partial charge in [-0.25, -0.2) is 0 Å². The molecule has 4 N–H and O–H groups in total. The Morgan fingerprint density at radius 2 is 1.54 bits per heavy atom. The Bertz CT molecular complexity index is 1180. The fourth-order valence-corrected chi connectivity index (χ4v) is 4.52. The van der Waals surface area contributed by atoms with E-state index in [1.807, 2.05) is 49.4 Å². The molecule has 39 heavy (non-hydrogen) atoms. The van der Waals surface area contributed by atoms with E-state index in [4.69, 9.17) is 0 Å². The van der Waals surface area contributed by atoms with Gasteiger partial charge in [0.25, 0.3) is 0 Å². The van der Waals surface area contributed by atoms with Crippen LogP contribution >= 0.6 is 0 Å². The molecule has 10 heteroatoms. The number of hydrogen-bond acceptors (Lipinski definition) is 5. The van der Waals surface area contributed by atoms with E-state index in [1.54, 1.807) is 19.1 Å². The molecule has 2 aromatic rings. The van der Waals surface area contributed by atoms with Crippen molar-refractivity contribution in [1.82, 2.24) is 20.9 Å². The molecular formula is C29H37N5O5. The molecule has 1 heterocycles.